The first-order valence-electron chi connectivity index (χ1n) is 10.2. The number of allylic oxidation sites excluding steroid dienone is 8. The summed E-state index contributed by atoms with van der Waals surface area (Å²) in [6, 6.07) is 9.30. The van der Waals surface area contributed by atoms with Gasteiger partial charge in [-0.05, 0) is 58.3 Å². The summed E-state index contributed by atoms with van der Waals surface area (Å²) in [6.45, 7) is 14.8. The molecule has 0 bridgehead atoms. The third-order valence-electron chi connectivity index (χ3n) is 5.19. The van der Waals surface area contributed by atoms with Crippen molar-refractivity contribution in [2.24, 2.45) is 0 Å². The number of benzene rings is 1. The van der Waals surface area contributed by atoms with Gasteiger partial charge in [-0.25, -0.2) is 0 Å². The zero-order valence-corrected chi connectivity index (χ0v) is 21.9. The monoisotopic (exact) mass is 413 g/mol. The maximum Gasteiger partial charge on any atom is 1.00 e. The molecule has 0 atom stereocenters. The molecule has 0 spiro atoms. The van der Waals surface area contributed by atoms with Crippen molar-refractivity contribution in [1.82, 2.24) is 0 Å². The Morgan fingerprint density at radius 2 is 1.32 bits per heavy atom. The molecule has 2 aliphatic rings. The summed E-state index contributed by atoms with van der Waals surface area (Å²) >= 11 is 0. The topological polar surface area (TPSA) is 0 Å². The van der Waals surface area contributed by atoms with Crippen LogP contribution in [0.15, 0.2) is 53.6 Å². The van der Waals surface area contributed by atoms with E-state index in [9.17, 15) is 0 Å². The van der Waals surface area contributed by atoms with Crippen LogP contribution in [0.4, 0.5) is 0 Å². The van der Waals surface area contributed by atoms with E-state index in [1.54, 1.807) is 22.3 Å². The first kappa shape index (κ1) is 23.7. The van der Waals surface area contributed by atoms with Gasteiger partial charge >= 0.3 is 18.9 Å². The maximum atomic E-state index is 3.97. The smallest absolute Gasteiger partial charge is 1.00 e. The summed E-state index contributed by atoms with van der Waals surface area (Å²) < 4.78 is 0. The molecule has 0 aromatic heterocycles. The van der Waals surface area contributed by atoms with Gasteiger partial charge in [-0.3, -0.25) is 0 Å². The molecule has 3 radical (unpaired) electrons. The number of hydrogen-bond donors (Lipinski definition) is 0. The van der Waals surface area contributed by atoms with E-state index in [2.05, 4.69) is 92.0 Å². The quantitative estimate of drug-likeness (QED) is 0.624. The molecule has 0 saturated carbocycles. The molecule has 0 aliphatic heterocycles. The summed E-state index contributed by atoms with van der Waals surface area (Å²) in [7, 11) is 1.67. The Hall–Kier alpha value is -0.572. The summed E-state index contributed by atoms with van der Waals surface area (Å²) in [5.41, 5.74) is 9.14. The van der Waals surface area contributed by atoms with Crippen LogP contribution in [-0.2, 0) is 0 Å². The van der Waals surface area contributed by atoms with Crippen LogP contribution in [0, 0.1) is 0 Å². The standard InChI is InChI=1S/C24H33Si3.Li.H/c1-26(2,3)16-18-10-7-12-20(18)22-14-9-15-23(25)24(22)21-13-8-11-19(21)17-27(4,5)6;;/h7-11,14-15H,12-13,16-17H2,1-6H3;;/q;+1;-1. The van der Waals surface area contributed by atoms with Crippen molar-refractivity contribution in [3.05, 3.63) is 64.8 Å². The molecule has 0 saturated heterocycles. The van der Waals surface area contributed by atoms with Gasteiger partial charge in [-0.15, -0.1) is 0 Å². The van der Waals surface area contributed by atoms with E-state index in [1.807, 2.05) is 0 Å². The molecular weight excluding hydrogens is 379 g/mol. The van der Waals surface area contributed by atoms with Gasteiger partial charge in [-0.1, -0.05) is 87.0 Å². The van der Waals surface area contributed by atoms with Crippen molar-refractivity contribution >= 4 is 42.7 Å². The fraction of sp³-hybridized carbons (Fsp3) is 0.417. The molecular formula is C24H34LiSi3. The molecule has 4 heteroatoms. The zero-order chi connectivity index (χ0) is 19.8. The van der Waals surface area contributed by atoms with Crippen LogP contribution in [-0.4, -0.2) is 26.4 Å². The van der Waals surface area contributed by atoms with E-state index in [1.165, 1.54) is 28.4 Å². The van der Waals surface area contributed by atoms with E-state index >= 15 is 0 Å². The van der Waals surface area contributed by atoms with Crippen LogP contribution >= 0.6 is 0 Å². The van der Waals surface area contributed by atoms with Gasteiger partial charge in [0, 0.05) is 16.1 Å². The second-order valence-electron chi connectivity index (χ2n) is 10.4. The average Bonchev–Trinajstić information content (AvgIpc) is 3.13. The van der Waals surface area contributed by atoms with Gasteiger partial charge in [0.25, 0.3) is 0 Å². The van der Waals surface area contributed by atoms with E-state index in [4.69, 9.17) is 0 Å². The van der Waals surface area contributed by atoms with Crippen LogP contribution < -0.4 is 24.0 Å². The van der Waals surface area contributed by atoms with Crippen LogP contribution in [0.3, 0.4) is 0 Å². The minimum absolute atomic E-state index is 0. The molecule has 3 rings (SSSR count). The molecule has 0 N–H and O–H groups in total. The normalized spacial score (nSPS) is 17.0. The first-order valence-corrected chi connectivity index (χ1v) is 18.1. The van der Waals surface area contributed by atoms with Crippen molar-refractivity contribution in [2.75, 3.05) is 0 Å². The number of hydrogen-bond acceptors (Lipinski definition) is 0. The molecule has 0 nitrogen and oxygen atoms in total. The molecule has 143 valence electrons. The van der Waals surface area contributed by atoms with Gasteiger partial charge in [0.15, 0.2) is 0 Å². The summed E-state index contributed by atoms with van der Waals surface area (Å²) in [5, 5.41) is 1.24. The van der Waals surface area contributed by atoms with Crippen molar-refractivity contribution in [2.45, 2.75) is 64.2 Å². The minimum atomic E-state index is -1.15. The van der Waals surface area contributed by atoms with E-state index in [0.29, 0.717) is 0 Å². The van der Waals surface area contributed by atoms with Gasteiger partial charge < -0.3 is 1.43 Å². The second kappa shape index (κ2) is 9.06. The van der Waals surface area contributed by atoms with Crippen molar-refractivity contribution in [1.29, 1.82) is 0 Å². The van der Waals surface area contributed by atoms with Crippen molar-refractivity contribution < 1.29 is 20.3 Å². The van der Waals surface area contributed by atoms with Gasteiger partial charge in [-0.2, -0.15) is 0 Å². The van der Waals surface area contributed by atoms with Crippen LogP contribution in [0.5, 0.6) is 0 Å². The second-order valence-corrected chi connectivity index (χ2v) is 21.9. The van der Waals surface area contributed by atoms with Crippen LogP contribution in [0.2, 0.25) is 51.4 Å². The molecule has 0 heterocycles. The predicted octanol–water partition coefficient (Wildman–Crippen LogP) is 3.70. The van der Waals surface area contributed by atoms with E-state index < -0.39 is 16.1 Å². The SMILES string of the molecule is C[Si](C)(C)CC1=C(c2cccc([Si])c2C2=C(C[Si](C)(C)C)C=CC2)CC=C1.[H-].[Li+]. The molecule has 0 unspecified atom stereocenters. The average molecular weight is 414 g/mol. The molecule has 28 heavy (non-hydrogen) atoms. The fourth-order valence-electron chi connectivity index (χ4n) is 4.25. The van der Waals surface area contributed by atoms with Crippen LogP contribution in [0.25, 0.3) is 11.1 Å². The molecule has 0 amide bonds. The Balaban J connectivity index is 0.00000210. The molecule has 1 aromatic rings. The van der Waals surface area contributed by atoms with Crippen LogP contribution in [0.1, 0.15) is 25.4 Å². The van der Waals surface area contributed by atoms with Gasteiger partial charge in [0.05, 0.1) is 10.2 Å². The Morgan fingerprint density at radius 3 is 1.86 bits per heavy atom. The Bertz CT molecular complexity index is 865. The summed E-state index contributed by atoms with van der Waals surface area (Å²) in [5.74, 6) is 0. The Morgan fingerprint density at radius 1 is 0.821 bits per heavy atom. The molecule has 1 aromatic carbocycles. The van der Waals surface area contributed by atoms with Gasteiger partial charge in [0.2, 0.25) is 0 Å². The van der Waals surface area contributed by atoms with Crippen molar-refractivity contribution in [3.63, 3.8) is 0 Å². The third-order valence-corrected chi connectivity index (χ3v) is 8.49. The van der Waals surface area contributed by atoms with Crippen molar-refractivity contribution in [3.8, 4) is 0 Å². The third kappa shape index (κ3) is 5.74. The maximum absolute atomic E-state index is 3.97. The summed E-state index contributed by atoms with van der Waals surface area (Å²) in [4.78, 5) is 0. The largest absolute Gasteiger partial charge is 1.00 e. The first-order chi connectivity index (χ1) is 12.6. The minimum Gasteiger partial charge on any atom is -1.00 e. The predicted molar refractivity (Wildman–Crippen MR) is 131 cm³/mol. The fourth-order valence-corrected chi connectivity index (χ4v) is 7.58. The molecule has 0 fully saturated rings. The number of rotatable bonds is 6. The Labute approximate surface area is 191 Å². The van der Waals surface area contributed by atoms with E-state index in [0.717, 1.165) is 12.8 Å². The molecule has 2 aliphatic carbocycles. The Kier molecular flexibility index (Phi) is 7.67. The summed E-state index contributed by atoms with van der Waals surface area (Å²) in [6.07, 6.45) is 11.6. The van der Waals surface area contributed by atoms with E-state index in [-0.39, 0.29) is 20.3 Å². The zero-order valence-electron chi connectivity index (χ0n) is 19.9. The van der Waals surface area contributed by atoms with Gasteiger partial charge in [0.1, 0.15) is 0 Å².